The van der Waals surface area contributed by atoms with E-state index in [0.29, 0.717) is 0 Å². The Morgan fingerprint density at radius 1 is 0.447 bits per heavy atom. The van der Waals surface area contributed by atoms with Crippen LogP contribution in [0.15, 0.2) is 0 Å². The molecule has 0 spiro atoms. The fourth-order valence-corrected chi connectivity index (χ4v) is 5.94. The van der Waals surface area contributed by atoms with Gasteiger partial charge in [-0.05, 0) is 18.8 Å². The van der Waals surface area contributed by atoms with E-state index in [1.807, 2.05) is 0 Å². The summed E-state index contributed by atoms with van der Waals surface area (Å²) in [4.78, 5) is 0. The second kappa shape index (κ2) is 29.8. The van der Waals surface area contributed by atoms with Gasteiger partial charge in [-0.1, -0.05) is 187 Å². The Labute approximate surface area is 239 Å². The molecule has 0 aliphatic rings. The summed E-state index contributed by atoms with van der Waals surface area (Å²) in [6, 6.07) is 0. The van der Waals surface area contributed by atoms with E-state index in [0.717, 1.165) is 25.7 Å². The molecule has 38 heavy (non-hydrogen) atoms. The van der Waals surface area contributed by atoms with Crippen molar-refractivity contribution in [3.8, 4) is 0 Å². The van der Waals surface area contributed by atoms with Gasteiger partial charge in [-0.25, -0.2) is 4.18 Å². The first-order valence-electron chi connectivity index (χ1n) is 17.1. The first-order chi connectivity index (χ1) is 18.5. The van der Waals surface area contributed by atoms with E-state index < -0.39 is 10.4 Å². The van der Waals surface area contributed by atoms with E-state index in [1.54, 1.807) is 0 Å². The van der Waals surface area contributed by atoms with Crippen LogP contribution >= 0.6 is 0 Å². The van der Waals surface area contributed by atoms with Crippen molar-refractivity contribution in [1.29, 1.82) is 0 Å². The van der Waals surface area contributed by atoms with Crippen LogP contribution in [0.4, 0.5) is 0 Å². The third kappa shape index (κ3) is 32.1. The van der Waals surface area contributed by atoms with Crippen molar-refractivity contribution in [1.82, 2.24) is 0 Å². The summed E-state index contributed by atoms with van der Waals surface area (Å²) in [6.45, 7) is 4.68. The quantitative estimate of drug-likeness (QED) is 0.0656. The van der Waals surface area contributed by atoms with Crippen LogP contribution in [0, 0.1) is 5.92 Å². The maximum atomic E-state index is 11.1. The van der Waals surface area contributed by atoms with Crippen LogP contribution in [0.3, 0.4) is 0 Å². The van der Waals surface area contributed by atoms with Crippen LogP contribution in [0.5, 0.6) is 0 Å². The van der Waals surface area contributed by atoms with Gasteiger partial charge in [0.1, 0.15) is 0 Å². The van der Waals surface area contributed by atoms with Crippen LogP contribution in [-0.2, 0) is 14.6 Å². The van der Waals surface area contributed by atoms with Gasteiger partial charge in [0.15, 0.2) is 0 Å². The normalized spacial score (nSPS) is 12.8. The number of hydrogen-bond acceptors (Lipinski definition) is 3. The van der Waals surface area contributed by atoms with Crippen molar-refractivity contribution >= 4 is 10.4 Å². The van der Waals surface area contributed by atoms with Gasteiger partial charge < -0.3 is 0 Å². The Morgan fingerprint density at radius 3 is 0.921 bits per heavy atom. The van der Waals surface area contributed by atoms with Crippen LogP contribution in [0.1, 0.15) is 200 Å². The van der Waals surface area contributed by atoms with Gasteiger partial charge in [-0.15, -0.1) is 0 Å². The number of rotatable bonds is 32. The molecule has 0 saturated heterocycles. The molecule has 1 N–H and O–H groups in total. The molecule has 0 amide bonds. The van der Waals surface area contributed by atoms with E-state index in [9.17, 15) is 8.42 Å². The van der Waals surface area contributed by atoms with Crippen molar-refractivity contribution in [3.63, 3.8) is 0 Å². The molecule has 0 aromatic heterocycles. The Morgan fingerprint density at radius 2 is 0.684 bits per heavy atom. The van der Waals surface area contributed by atoms with E-state index in [-0.39, 0.29) is 12.5 Å². The van der Waals surface area contributed by atoms with Gasteiger partial charge in [0.05, 0.1) is 6.61 Å². The van der Waals surface area contributed by atoms with Gasteiger partial charge in [-0.3, -0.25) is 4.55 Å². The lowest BCUT2D eigenvalue weighted by Gasteiger charge is -2.16. The van der Waals surface area contributed by atoms with Gasteiger partial charge in [0, 0.05) is 0 Å². The molecule has 0 aromatic rings. The standard InChI is InChI=1S/C33H68O4S/c1-3-5-7-9-11-13-15-16-17-18-19-21-23-25-27-29-31-33(32-37-38(34,35)36)30-28-26-24-22-20-14-12-10-8-6-4-2/h33H,3-32H2,1-2H3,(H,34,35,36). The average molecular weight is 561 g/mol. The lowest BCUT2D eigenvalue weighted by molar-refractivity contribution is 0.204. The largest absolute Gasteiger partial charge is 0.397 e. The molecule has 5 heteroatoms. The highest BCUT2D eigenvalue weighted by Gasteiger charge is 2.13. The Balaban J connectivity index is 3.67. The lowest BCUT2D eigenvalue weighted by atomic mass is 9.94. The molecular weight excluding hydrogens is 492 g/mol. The van der Waals surface area contributed by atoms with Crippen molar-refractivity contribution < 1.29 is 17.2 Å². The summed E-state index contributed by atoms with van der Waals surface area (Å²) < 4.78 is 35.8. The summed E-state index contributed by atoms with van der Waals surface area (Å²) in [7, 11) is -4.33. The zero-order chi connectivity index (χ0) is 28.0. The van der Waals surface area contributed by atoms with E-state index in [1.165, 1.54) is 161 Å². The van der Waals surface area contributed by atoms with Crippen molar-refractivity contribution in [3.05, 3.63) is 0 Å². The monoisotopic (exact) mass is 560 g/mol. The topological polar surface area (TPSA) is 63.6 Å². The van der Waals surface area contributed by atoms with Crippen molar-refractivity contribution in [2.24, 2.45) is 5.92 Å². The summed E-state index contributed by atoms with van der Waals surface area (Å²) >= 11 is 0. The fourth-order valence-electron chi connectivity index (χ4n) is 5.57. The van der Waals surface area contributed by atoms with Gasteiger partial charge in [-0.2, -0.15) is 8.42 Å². The average Bonchev–Trinajstić information content (AvgIpc) is 2.89. The molecule has 230 valence electrons. The zero-order valence-corrected chi connectivity index (χ0v) is 26.7. The highest BCUT2D eigenvalue weighted by molar-refractivity contribution is 7.80. The summed E-state index contributed by atoms with van der Waals surface area (Å²) in [5.41, 5.74) is 0. The van der Waals surface area contributed by atoms with E-state index in [4.69, 9.17) is 8.74 Å². The van der Waals surface area contributed by atoms with Gasteiger partial charge in [0.2, 0.25) is 0 Å². The molecule has 0 aliphatic carbocycles. The molecule has 0 saturated carbocycles. The Kier molecular flexibility index (Phi) is 29.7. The maximum absolute atomic E-state index is 11.1. The van der Waals surface area contributed by atoms with Gasteiger partial charge in [0.25, 0.3) is 0 Å². The SMILES string of the molecule is CCCCCCCCCCCCCCCCCCC(CCCCCCCCCCCCC)COS(=O)(=O)O. The fraction of sp³-hybridized carbons (Fsp3) is 1.00. The van der Waals surface area contributed by atoms with Crippen LogP contribution in [-0.4, -0.2) is 19.6 Å². The first-order valence-corrected chi connectivity index (χ1v) is 18.5. The molecule has 0 heterocycles. The molecule has 4 nitrogen and oxygen atoms in total. The second-order valence-corrected chi connectivity index (χ2v) is 13.1. The predicted molar refractivity (Wildman–Crippen MR) is 166 cm³/mol. The first kappa shape index (κ1) is 37.9. The highest BCUT2D eigenvalue weighted by atomic mass is 32.3. The van der Waals surface area contributed by atoms with Crippen LogP contribution in [0.25, 0.3) is 0 Å². The lowest BCUT2D eigenvalue weighted by Crippen LogP contribution is -2.14. The third-order valence-corrected chi connectivity index (χ3v) is 8.57. The predicted octanol–water partition coefficient (Wildman–Crippen LogP) is 11.8. The van der Waals surface area contributed by atoms with Crippen molar-refractivity contribution in [2.75, 3.05) is 6.61 Å². The molecule has 1 unspecified atom stereocenters. The number of unbranched alkanes of at least 4 members (excludes halogenated alkanes) is 25. The molecule has 0 fully saturated rings. The second-order valence-electron chi connectivity index (χ2n) is 12.0. The van der Waals surface area contributed by atoms with Crippen LogP contribution < -0.4 is 0 Å². The van der Waals surface area contributed by atoms with E-state index >= 15 is 0 Å². The molecular formula is C33H68O4S. The van der Waals surface area contributed by atoms with E-state index in [2.05, 4.69) is 13.8 Å². The summed E-state index contributed by atoms with van der Waals surface area (Å²) in [5.74, 6) is 0.238. The Bertz CT molecular complexity index is 549. The minimum absolute atomic E-state index is 0.134. The molecule has 0 aromatic carbocycles. The molecule has 0 rings (SSSR count). The molecule has 0 aliphatic heterocycles. The summed E-state index contributed by atoms with van der Waals surface area (Å²) in [6.07, 6.45) is 38.3. The molecule has 1 atom stereocenters. The molecule has 0 radical (unpaired) electrons. The Hall–Kier alpha value is -0.130. The summed E-state index contributed by atoms with van der Waals surface area (Å²) in [5, 5.41) is 0. The number of hydrogen-bond donors (Lipinski definition) is 1. The van der Waals surface area contributed by atoms with Gasteiger partial charge >= 0.3 is 10.4 Å². The highest BCUT2D eigenvalue weighted by Crippen LogP contribution is 2.21. The maximum Gasteiger partial charge on any atom is 0.397 e. The molecule has 0 bridgehead atoms. The zero-order valence-electron chi connectivity index (χ0n) is 25.9. The smallest absolute Gasteiger partial charge is 0.264 e. The minimum Gasteiger partial charge on any atom is -0.264 e. The third-order valence-electron chi connectivity index (χ3n) is 8.13. The minimum atomic E-state index is -4.33. The van der Waals surface area contributed by atoms with Crippen molar-refractivity contribution in [2.45, 2.75) is 200 Å². The van der Waals surface area contributed by atoms with Crippen LogP contribution in [0.2, 0.25) is 0 Å².